The number of carbonyl (C=O) groups excluding carboxylic acids is 2. The molecule has 0 spiro atoms. The van der Waals surface area contributed by atoms with Crippen LogP contribution in [0.5, 0.6) is 0 Å². The van der Waals surface area contributed by atoms with Crippen molar-refractivity contribution in [3.05, 3.63) is 0 Å². The third-order valence-electron chi connectivity index (χ3n) is 9.29. The molecule has 1 aliphatic heterocycles. The Bertz CT molecular complexity index is 629. The van der Waals surface area contributed by atoms with Gasteiger partial charge in [0.2, 0.25) is 0 Å². The second kappa shape index (κ2) is 5.16. The fraction of sp³-hybridized carbons (Fsp3) is 0.905. The maximum absolute atomic E-state index is 12.4. The van der Waals surface area contributed by atoms with Gasteiger partial charge in [-0.25, -0.2) is 0 Å². The SMILES string of the molecule is C[C@@]12[C@@H](C(=O)CO)CC[C@H]1[C@@H]1CCC3CC(=O)CC[C@]3(C)[C@H]1[C@H]1O[C@H]12. The molecule has 0 bridgehead atoms. The molecule has 25 heavy (non-hydrogen) atoms. The quantitative estimate of drug-likeness (QED) is 0.781. The molecule has 4 saturated carbocycles. The number of ketones is 2. The number of rotatable bonds is 2. The standard InChI is InChI=1S/C21H30O4/c1-20-8-7-12(23)9-11(20)3-4-13-14-5-6-15(16(24)10-22)21(14,2)19-18(25-19)17(13)20/h11,13-15,17-19,22H,3-10H2,1-2H3/t11?,13-,14-,15+,17+,18+,19+,20-,21-/m0/s1. The molecular weight excluding hydrogens is 316 g/mol. The molecule has 4 aliphatic carbocycles. The molecule has 1 N–H and O–H groups in total. The van der Waals surface area contributed by atoms with Crippen LogP contribution in [0, 0.1) is 40.4 Å². The van der Waals surface area contributed by atoms with Crippen LogP contribution in [-0.4, -0.2) is 35.5 Å². The molecule has 138 valence electrons. The molecular formula is C21H30O4. The van der Waals surface area contributed by atoms with E-state index in [-0.39, 0.29) is 41.3 Å². The summed E-state index contributed by atoms with van der Waals surface area (Å²) >= 11 is 0. The van der Waals surface area contributed by atoms with Crippen LogP contribution in [0.1, 0.15) is 58.8 Å². The Kier molecular flexibility index (Phi) is 3.39. The largest absolute Gasteiger partial charge is 0.389 e. The smallest absolute Gasteiger partial charge is 0.161 e. The molecule has 5 rings (SSSR count). The van der Waals surface area contributed by atoms with E-state index in [1.807, 2.05) is 0 Å². The molecule has 0 aromatic rings. The number of epoxide rings is 1. The molecule has 0 amide bonds. The summed E-state index contributed by atoms with van der Waals surface area (Å²) in [5, 5.41) is 9.43. The first-order valence-corrected chi connectivity index (χ1v) is 10.2. The van der Waals surface area contributed by atoms with Crippen molar-refractivity contribution in [2.24, 2.45) is 40.4 Å². The monoisotopic (exact) mass is 346 g/mol. The number of aliphatic hydroxyl groups is 1. The predicted octanol–water partition coefficient (Wildman–Crippen LogP) is 2.76. The molecule has 4 heteroatoms. The second-order valence-corrected chi connectivity index (χ2v) is 9.96. The van der Waals surface area contributed by atoms with Crippen LogP contribution in [0.3, 0.4) is 0 Å². The Labute approximate surface area is 149 Å². The third kappa shape index (κ3) is 1.96. The number of hydrogen-bond donors (Lipinski definition) is 1. The van der Waals surface area contributed by atoms with Gasteiger partial charge < -0.3 is 9.84 Å². The molecule has 9 atom stereocenters. The normalized spacial score (nSPS) is 56.4. The van der Waals surface area contributed by atoms with Gasteiger partial charge in [-0.3, -0.25) is 9.59 Å². The van der Waals surface area contributed by atoms with E-state index in [0.29, 0.717) is 29.5 Å². The van der Waals surface area contributed by atoms with Crippen molar-refractivity contribution in [3.63, 3.8) is 0 Å². The molecule has 1 saturated heterocycles. The van der Waals surface area contributed by atoms with Gasteiger partial charge in [0, 0.05) is 24.2 Å². The highest BCUT2D eigenvalue weighted by Crippen LogP contribution is 2.72. The highest BCUT2D eigenvalue weighted by atomic mass is 16.6. The van der Waals surface area contributed by atoms with Crippen LogP contribution in [0.15, 0.2) is 0 Å². The molecule has 0 radical (unpaired) electrons. The highest BCUT2D eigenvalue weighted by molar-refractivity contribution is 5.83. The topological polar surface area (TPSA) is 66.9 Å². The van der Waals surface area contributed by atoms with Crippen LogP contribution in [0.2, 0.25) is 0 Å². The minimum Gasteiger partial charge on any atom is -0.389 e. The van der Waals surface area contributed by atoms with Gasteiger partial charge in [-0.05, 0) is 61.2 Å². The summed E-state index contributed by atoms with van der Waals surface area (Å²) in [5.41, 5.74) is 0.149. The third-order valence-corrected chi connectivity index (χ3v) is 9.29. The number of fused-ring (bicyclic) bond motifs is 8. The van der Waals surface area contributed by atoms with Gasteiger partial charge in [-0.15, -0.1) is 0 Å². The minimum absolute atomic E-state index is 0.0147. The first-order valence-electron chi connectivity index (χ1n) is 10.2. The minimum atomic E-state index is -0.333. The van der Waals surface area contributed by atoms with Crippen molar-refractivity contribution >= 4 is 11.6 Å². The number of hydrogen-bond acceptors (Lipinski definition) is 4. The first kappa shape index (κ1) is 16.4. The van der Waals surface area contributed by atoms with Gasteiger partial charge in [-0.1, -0.05) is 13.8 Å². The lowest BCUT2D eigenvalue weighted by Gasteiger charge is -2.58. The Morgan fingerprint density at radius 1 is 1.24 bits per heavy atom. The summed E-state index contributed by atoms with van der Waals surface area (Å²) in [6, 6.07) is 0. The molecule has 5 aliphatic rings. The van der Waals surface area contributed by atoms with E-state index in [1.165, 1.54) is 6.42 Å². The molecule has 1 unspecified atom stereocenters. The summed E-state index contributed by atoms with van der Waals surface area (Å²) in [5.74, 6) is 2.69. The van der Waals surface area contributed by atoms with Crippen LogP contribution in [-0.2, 0) is 14.3 Å². The van der Waals surface area contributed by atoms with Crippen LogP contribution in [0.25, 0.3) is 0 Å². The van der Waals surface area contributed by atoms with Crippen molar-refractivity contribution in [2.45, 2.75) is 71.0 Å². The summed E-state index contributed by atoms with van der Waals surface area (Å²) < 4.78 is 6.31. The van der Waals surface area contributed by atoms with Gasteiger partial charge in [0.1, 0.15) is 12.4 Å². The van der Waals surface area contributed by atoms with Gasteiger partial charge in [0.25, 0.3) is 0 Å². The van der Waals surface area contributed by atoms with Crippen molar-refractivity contribution in [1.82, 2.24) is 0 Å². The van der Waals surface area contributed by atoms with E-state index in [2.05, 4.69) is 13.8 Å². The van der Waals surface area contributed by atoms with Gasteiger partial charge in [-0.2, -0.15) is 0 Å². The van der Waals surface area contributed by atoms with E-state index >= 15 is 0 Å². The Balaban J connectivity index is 1.50. The van der Waals surface area contributed by atoms with E-state index < -0.39 is 0 Å². The zero-order valence-electron chi connectivity index (χ0n) is 15.4. The van der Waals surface area contributed by atoms with E-state index in [0.717, 1.165) is 38.5 Å². The zero-order valence-corrected chi connectivity index (χ0v) is 15.4. The van der Waals surface area contributed by atoms with Crippen molar-refractivity contribution in [2.75, 3.05) is 6.61 Å². The lowest BCUT2D eigenvalue weighted by atomic mass is 9.44. The lowest BCUT2D eigenvalue weighted by Crippen LogP contribution is -2.57. The Morgan fingerprint density at radius 2 is 2.04 bits per heavy atom. The summed E-state index contributed by atoms with van der Waals surface area (Å²) in [4.78, 5) is 24.4. The average Bonchev–Trinajstić information content (AvgIpc) is 3.31. The highest BCUT2D eigenvalue weighted by Gasteiger charge is 2.74. The van der Waals surface area contributed by atoms with Gasteiger partial charge in [0.05, 0.1) is 12.2 Å². The average molecular weight is 346 g/mol. The summed E-state index contributed by atoms with van der Waals surface area (Å²) in [6.07, 6.45) is 7.35. The van der Waals surface area contributed by atoms with Crippen LogP contribution in [0.4, 0.5) is 0 Å². The van der Waals surface area contributed by atoms with Crippen LogP contribution < -0.4 is 0 Å². The lowest BCUT2D eigenvalue weighted by molar-refractivity contribution is -0.140. The number of Topliss-reactive ketones (excluding diaryl/α,β-unsaturated/α-hetero) is 2. The zero-order chi connectivity index (χ0) is 17.6. The molecule has 0 aromatic heterocycles. The van der Waals surface area contributed by atoms with Crippen LogP contribution >= 0.6 is 0 Å². The molecule has 1 heterocycles. The molecule has 0 aromatic carbocycles. The maximum Gasteiger partial charge on any atom is 0.161 e. The number of carbonyl (C=O) groups is 2. The first-order chi connectivity index (χ1) is 11.9. The van der Waals surface area contributed by atoms with E-state index in [4.69, 9.17) is 4.74 Å². The fourth-order valence-corrected chi connectivity index (χ4v) is 8.05. The van der Waals surface area contributed by atoms with Crippen molar-refractivity contribution in [3.8, 4) is 0 Å². The van der Waals surface area contributed by atoms with Gasteiger partial charge >= 0.3 is 0 Å². The maximum atomic E-state index is 12.4. The Hall–Kier alpha value is -0.740. The Morgan fingerprint density at radius 3 is 2.80 bits per heavy atom. The predicted molar refractivity (Wildman–Crippen MR) is 91.7 cm³/mol. The van der Waals surface area contributed by atoms with Gasteiger partial charge in [0.15, 0.2) is 5.78 Å². The van der Waals surface area contributed by atoms with E-state index in [9.17, 15) is 14.7 Å². The van der Waals surface area contributed by atoms with Crippen molar-refractivity contribution in [1.29, 1.82) is 0 Å². The fourth-order valence-electron chi connectivity index (χ4n) is 8.05. The number of aliphatic hydroxyl groups excluding tert-OH is 1. The van der Waals surface area contributed by atoms with E-state index in [1.54, 1.807) is 0 Å². The molecule has 5 fully saturated rings. The summed E-state index contributed by atoms with van der Waals surface area (Å²) in [6.45, 7) is 4.36. The van der Waals surface area contributed by atoms with Crippen molar-refractivity contribution < 1.29 is 19.4 Å². The second-order valence-electron chi connectivity index (χ2n) is 9.96. The summed E-state index contributed by atoms with van der Waals surface area (Å²) in [7, 11) is 0. The number of ether oxygens (including phenoxy) is 1. The molecule has 4 nitrogen and oxygen atoms in total.